The number of carbonyl (C=O) groups excluding carboxylic acids is 1. The van der Waals surface area contributed by atoms with Gasteiger partial charge in [-0.15, -0.1) is 0 Å². The average molecular weight is 275 g/mol. The third-order valence-corrected chi connectivity index (χ3v) is 4.31. The summed E-state index contributed by atoms with van der Waals surface area (Å²) in [6.45, 7) is 6.33. The topological polar surface area (TPSA) is 66.4 Å². The highest BCUT2D eigenvalue weighted by molar-refractivity contribution is 7.98. The van der Waals surface area contributed by atoms with Crippen molar-refractivity contribution in [3.05, 3.63) is 0 Å². The summed E-state index contributed by atoms with van der Waals surface area (Å²) in [5, 5.41) is 12.1. The molecule has 0 aromatic heterocycles. The second kappa shape index (κ2) is 8.40. The van der Waals surface area contributed by atoms with E-state index in [1.165, 1.54) is 0 Å². The molecule has 0 heterocycles. The molecule has 1 atom stereocenters. The van der Waals surface area contributed by atoms with Crippen LogP contribution in [0.1, 0.15) is 40.0 Å². The number of carboxylic acid groups (broad SMARTS) is 1. The van der Waals surface area contributed by atoms with E-state index in [1.807, 2.05) is 20.1 Å². The van der Waals surface area contributed by atoms with Crippen LogP contribution < -0.4 is 5.32 Å². The van der Waals surface area contributed by atoms with Crippen molar-refractivity contribution in [1.82, 2.24) is 5.32 Å². The minimum atomic E-state index is -0.910. The summed E-state index contributed by atoms with van der Waals surface area (Å²) in [6.07, 6.45) is 3.06. The first-order valence-electron chi connectivity index (χ1n) is 6.40. The molecule has 1 amide bonds. The molecule has 0 aromatic carbocycles. The predicted octanol–water partition coefficient (Wildman–Crippen LogP) is 2.38. The van der Waals surface area contributed by atoms with Crippen LogP contribution in [-0.4, -0.2) is 35.5 Å². The molecule has 1 unspecified atom stereocenters. The largest absolute Gasteiger partial charge is 0.481 e. The Hall–Kier alpha value is -0.710. The Bertz CT molecular complexity index is 277. The second-order valence-corrected chi connectivity index (χ2v) is 5.74. The van der Waals surface area contributed by atoms with Gasteiger partial charge in [0.25, 0.3) is 0 Å². The van der Waals surface area contributed by atoms with Gasteiger partial charge < -0.3 is 10.4 Å². The van der Waals surface area contributed by atoms with Crippen LogP contribution in [0.2, 0.25) is 0 Å². The zero-order chi connectivity index (χ0) is 14.2. The standard InChI is InChI=1S/C13H25NO3S/c1-5-13(6-2,12(16)17)7-11(15)14-8-10(3)9-18-4/h10H,5-9H2,1-4H3,(H,14,15)(H,16,17). The fraction of sp³-hybridized carbons (Fsp3) is 0.846. The van der Waals surface area contributed by atoms with Gasteiger partial charge in [-0.1, -0.05) is 20.8 Å². The van der Waals surface area contributed by atoms with Gasteiger partial charge in [-0.05, 0) is 30.8 Å². The lowest BCUT2D eigenvalue weighted by Gasteiger charge is -2.26. The van der Waals surface area contributed by atoms with E-state index in [2.05, 4.69) is 12.2 Å². The Balaban J connectivity index is 4.32. The quantitative estimate of drug-likeness (QED) is 0.678. The van der Waals surface area contributed by atoms with Crippen LogP contribution in [0.4, 0.5) is 0 Å². The second-order valence-electron chi connectivity index (χ2n) is 4.83. The number of nitrogens with one attached hydrogen (secondary N) is 1. The molecule has 106 valence electrons. The van der Waals surface area contributed by atoms with Gasteiger partial charge in [0.2, 0.25) is 5.91 Å². The van der Waals surface area contributed by atoms with E-state index in [1.54, 1.807) is 11.8 Å². The molecule has 0 aromatic rings. The SMILES string of the molecule is CCC(CC)(CC(=O)NCC(C)CSC)C(=O)O. The molecule has 0 spiro atoms. The van der Waals surface area contributed by atoms with Crippen molar-refractivity contribution in [3.63, 3.8) is 0 Å². The first-order chi connectivity index (χ1) is 8.41. The molecule has 2 N–H and O–H groups in total. The number of thioether (sulfide) groups is 1. The Morgan fingerprint density at radius 1 is 1.33 bits per heavy atom. The molecule has 0 saturated carbocycles. The molecule has 5 heteroatoms. The van der Waals surface area contributed by atoms with Gasteiger partial charge in [0.1, 0.15) is 0 Å². The normalized spacial score (nSPS) is 13.1. The number of hydrogen-bond donors (Lipinski definition) is 2. The first-order valence-corrected chi connectivity index (χ1v) is 7.80. The number of carbonyl (C=O) groups is 2. The van der Waals surface area contributed by atoms with Crippen molar-refractivity contribution in [2.45, 2.75) is 40.0 Å². The van der Waals surface area contributed by atoms with Gasteiger partial charge in [0, 0.05) is 13.0 Å². The van der Waals surface area contributed by atoms with E-state index in [0.717, 1.165) is 5.75 Å². The maximum Gasteiger partial charge on any atom is 0.310 e. The van der Waals surface area contributed by atoms with Crippen LogP contribution >= 0.6 is 11.8 Å². The zero-order valence-corrected chi connectivity index (χ0v) is 12.6. The lowest BCUT2D eigenvalue weighted by atomic mass is 9.79. The summed E-state index contributed by atoms with van der Waals surface area (Å²) >= 11 is 1.74. The van der Waals surface area contributed by atoms with Gasteiger partial charge in [-0.2, -0.15) is 11.8 Å². The minimum Gasteiger partial charge on any atom is -0.481 e. The van der Waals surface area contributed by atoms with Gasteiger partial charge in [0.05, 0.1) is 5.41 Å². The highest BCUT2D eigenvalue weighted by atomic mass is 32.2. The molecule has 18 heavy (non-hydrogen) atoms. The number of amides is 1. The number of hydrogen-bond acceptors (Lipinski definition) is 3. The Kier molecular flexibility index (Phi) is 8.07. The summed E-state index contributed by atoms with van der Waals surface area (Å²) in [5.74, 6) is 0.367. The van der Waals surface area contributed by atoms with E-state index in [9.17, 15) is 14.7 Å². The summed E-state index contributed by atoms with van der Waals surface area (Å²) in [5.41, 5.74) is -0.910. The fourth-order valence-corrected chi connectivity index (χ4v) is 2.57. The molecule has 0 bridgehead atoms. The van der Waals surface area contributed by atoms with E-state index in [4.69, 9.17) is 0 Å². The highest BCUT2D eigenvalue weighted by Crippen LogP contribution is 2.30. The molecule has 0 saturated heterocycles. The van der Waals surface area contributed by atoms with Crippen LogP contribution in [0.25, 0.3) is 0 Å². The highest BCUT2D eigenvalue weighted by Gasteiger charge is 2.37. The summed E-state index contributed by atoms with van der Waals surface area (Å²) in [4.78, 5) is 23.1. The monoisotopic (exact) mass is 275 g/mol. The Morgan fingerprint density at radius 3 is 2.28 bits per heavy atom. The molecular formula is C13H25NO3S. The smallest absolute Gasteiger partial charge is 0.310 e. The van der Waals surface area contributed by atoms with Crippen molar-refractivity contribution in [3.8, 4) is 0 Å². The summed E-state index contributed by atoms with van der Waals surface area (Å²) in [6, 6.07) is 0. The van der Waals surface area contributed by atoms with E-state index < -0.39 is 11.4 Å². The zero-order valence-electron chi connectivity index (χ0n) is 11.8. The van der Waals surface area contributed by atoms with Gasteiger partial charge in [0.15, 0.2) is 0 Å². The molecule has 0 aliphatic carbocycles. The third kappa shape index (κ3) is 5.29. The van der Waals surface area contributed by atoms with Crippen molar-refractivity contribution < 1.29 is 14.7 Å². The molecule has 0 aliphatic heterocycles. The molecule has 0 rings (SSSR count). The van der Waals surface area contributed by atoms with Crippen LogP contribution in [0, 0.1) is 11.3 Å². The van der Waals surface area contributed by atoms with Crippen LogP contribution in [0.5, 0.6) is 0 Å². The number of carboxylic acids is 1. The lowest BCUT2D eigenvalue weighted by molar-refractivity contribution is -0.152. The van der Waals surface area contributed by atoms with Crippen LogP contribution in [-0.2, 0) is 9.59 Å². The molecule has 0 radical (unpaired) electrons. The van der Waals surface area contributed by atoms with E-state index in [0.29, 0.717) is 25.3 Å². The Morgan fingerprint density at radius 2 is 1.89 bits per heavy atom. The number of rotatable bonds is 9. The van der Waals surface area contributed by atoms with Crippen LogP contribution in [0.3, 0.4) is 0 Å². The van der Waals surface area contributed by atoms with E-state index >= 15 is 0 Å². The first kappa shape index (κ1) is 17.3. The lowest BCUT2D eigenvalue weighted by Crippen LogP contribution is -2.38. The van der Waals surface area contributed by atoms with Crippen molar-refractivity contribution in [2.24, 2.45) is 11.3 Å². The maximum absolute atomic E-state index is 11.8. The average Bonchev–Trinajstić information content (AvgIpc) is 2.33. The molecule has 0 aliphatic rings. The van der Waals surface area contributed by atoms with Gasteiger partial charge in [-0.25, -0.2) is 0 Å². The van der Waals surface area contributed by atoms with Gasteiger partial charge in [-0.3, -0.25) is 9.59 Å². The third-order valence-electron chi connectivity index (χ3n) is 3.41. The van der Waals surface area contributed by atoms with Crippen molar-refractivity contribution in [2.75, 3.05) is 18.6 Å². The van der Waals surface area contributed by atoms with Gasteiger partial charge >= 0.3 is 5.97 Å². The number of aliphatic carboxylic acids is 1. The summed E-state index contributed by atoms with van der Waals surface area (Å²) < 4.78 is 0. The predicted molar refractivity (Wildman–Crippen MR) is 75.8 cm³/mol. The minimum absolute atomic E-state index is 0.0708. The van der Waals surface area contributed by atoms with Crippen molar-refractivity contribution >= 4 is 23.6 Å². The molecular weight excluding hydrogens is 250 g/mol. The van der Waals surface area contributed by atoms with Crippen molar-refractivity contribution in [1.29, 1.82) is 0 Å². The van der Waals surface area contributed by atoms with E-state index in [-0.39, 0.29) is 12.3 Å². The summed E-state index contributed by atoms with van der Waals surface area (Å²) in [7, 11) is 0. The molecule has 4 nitrogen and oxygen atoms in total. The maximum atomic E-state index is 11.8. The fourth-order valence-electron chi connectivity index (χ4n) is 1.88. The Labute approximate surface area is 114 Å². The molecule has 0 fully saturated rings. The van der Waals surface area contributed by atoms with Crippen LogP contribution in [0.15, 0.2) is 0 Å².